The number of piperidine rings is 1. The van der Waals surface area contributed by atoms with Gasteiger partial charge in [-0.05, 0) is 67.6 Å². The van der Waals surface area contributed by atoms with Gasteiger partial charge in [-0.25, -0.2) is 8.42 Å². The minimum absolute atomic E-state index is 0.0516. The molecule has 2 heterocycles. The molecule has 2 aliphatic heterocycles. The summed E-state index contributed by atoms with van der Waals surface area (Å²) in [5.74, 6) is 0.0516. The third-order valence-electron chi connectivity index (χ3n) is 5.52. The molecule has 0 atom stereocenters. The van der Waals surface area contributed by atoms with Crippen molar-refractivity contribution in [2.24, 2.45) is 0 Å². The Kier molecular flexibility index (Phi) is 5.02. The van der Waals surface area contributed by atoms with E-state index in [0.29, 0.717) is 18.5 Å². The molecule has 1 fully saturated rings. The molecule has 0 radical (unpaired) electrons. The number of carbonyl (C=O) groups excluding carboxylic acids is 1. The Bertz CT molecular complexity index is 998. The Labute approximate surface area is 166 Å². The van der Waals surface area contributed by atoms with Gasteiger partial charge in [0.15, 0.2) is 0 Å². The smallest absolute Gasteiger partial charge is 0.261 e. The van der Waals surface area contributed by atoms with Gasteiger partial charge in [-0.1, -0.05) is 6.07 Å². The van der Waals surface area contributed by atoms with Crippen molar-refractivity contribution in [3.8, 4) is 0 Å². The maximum atomic E-state index is 12.9. The Morgan fingerprint density at radius 1 is 0.964 bits per heavy atom. The van der Waals surface area contributed by atoms with E-state index >= 15 is 0 Å². The standard InChI is InChI=1S/C21H25N3O3S/c1-23-20-10-9-19(14-16(20)8-11-21(23)25)28(26,27)22-17-6-5-7-18(15-17)24-12-3-2-4-13-24/h5-7,9-10,14-15,22H,2-4,8,11-13H2,1H3. The van der Waals surface area contributed by atoms with E-state index in [0.717, 1.165) is 30.0 Å². The molecule has 1 amide bonds. The molecule has 6 nitrogen and oxygen atoms in total. The Morgan fingerprint density at radius 2 is 1.75 bits per heavy atom. The van der Waals surface area contributed by atoms with Gasteiger partial charge < -0.3 is 9.80 Å². The van der Waals surface area contributed by atoms with Crippen LogP contribution in [-0.4, -0.2) is 34.5 Å². The van der Waals surface area contributed by atoms with Gasteiger partial charge in [0, 0.05) is 37.9 Å². The van der Waals surface area contributed by atoms with E-state index in [1.54, 1.807) is 36.2 Å². The van der Waals surface area contributed by atoms with Crippen LogP contribution in [0.1, 0.15) is 31.2 Å². The molecule has 1 saturated heterocycles. The number of amides is 1. The predicted octanol–water partition coefficient (Wildman–Crippen LogP) is 3.39. The third-order valence-corrected chi connectivity index (χ3v) is 6.90. The topological polar surface area (TPSA) is 69.7 Å². The molecule has 0 bridgehead atoms. The second kappa shape index (κ2) is 7.47. The first-order valence-electron chi connectivity index (χ1n) is 9.71. The van der Waals surface area contributed by atoms with E-state index in [9.17, 15) is 13.2 Å². The second-order valence-electron chi connectivity index (χ2n) is 7.45. The minimum atomic E-state index is -3.70. The number of carbonyl (C=O) groups is 1. The van der Waals surface area contributed by atoms with E-state index in [4.69, 9.17) is 0 Å². The third kappa shape index (κ3) is 3.71. The van der Waals surface area contributed by atoms with E-state index in [-0.39, 0.29) is 10.8 Å². The molecule has 28 heavy (non-hydrogen) atoms. The summed E-state index contributed by atoms with van der Waals surface area (Å²) in [6.07, 6.45) is 4.55. The highest BCUT2D eigenvalue weighted by atomic mass is 32.2. The normalized spacial score (nSPS) is 17.4. The lowest BCUT2D eigenvalue weighted by Crippen LogP contribution is -2.31. The van der Waals surface area contributed by atoms with Crippen LogP contribution in [0.2, 0.25) is 0 Å². The molecule has 0 aromatic heterocycles. The summed E-state index contributed by atoms with van der Waals surface area (Å²) in [7, 11) is -1.98. The number of hydrogen-bond acceptors (Lipinski definition) is 4. The quantitative estimate of drug-likeness (QED) is 0.856. The largest absolute Gasteiger partial charge is 0.371 e. The van der Waals surface area contributed by atoms with Crippen molar-refractivity contribution in [3.05, 3.63) is 48.0 Å². The molecule has 7 heteroatoms. The highest BCUT2D eigenvalue weighted by molar-refractivity contribution is 7.92. The molecule has 0 spiro atoms. The van der Waals surface area contributed by atoms with Crippen molar-refractivity contribution < 1.29 is 13.2 Å². The Morgan fingerprint density at radius 3 is 2.54 bits per heavy atom. The number of anilines is 3. The average Bonchev–Trinajstić information content (AvgIpc) is 2.71. The summed E-state index contributed by atoms with van der Waals surface area (Å²) in [5.41, 5.74) is 3.27. The molecule has 1 N–H and O–H groups in total. The number of nitrogens with one attached hydrogen (secondary N) is 1. The summed E-state index contributed by atoms with van der Waals surface area (Å²) in [4.78, 5) is 15.9. The number of aryl methyl sites for hydroxylation is 1. The maximum absolute atomic E-state index is 12.9. The fourth-order valence-electron chi connectivity index (χ4n) is 3.93. The first-order valence-corrected chi connectivity index (χ1v) is 11.2. The number of hydrogen-bond donors (Lipinski definition) is 1. The van der Waals surface area contributed by atoms with Crippen LogP contribution in [0.3, 0.4) is 0 Å². The summed E-state index contributed by atoms with van der Waals surface area (Å²) in [6.45, 7) is 2.01. The van der Waals surface area contributed by atoms with Gasteiger partial charge in [0.2, 0.25) is 5.91 Å². The Balaban J connectivity index is 1.57. The Hall–Kier alpha value is -2.54. The van der Waals surface area contributed by atoms with Crippen LogP contribution in [0, 0.1) is 0 Å². The van der Waals surface area contributed by atoms with Crippen LogP contribution >= 0.6 is 0 Å². The van der Waals surface area contributed by atoms with E-state index in [2.05, 4.69) is 9.62 Å². The molecule has 0 aliphatic carbocycles. The highest BCUT2D eigenvalue weighted by Gasteiger charge is 2.24. The molecule has 2 aliphatic rings. The van der Waals surface area contributed by atoms with Gasteiger partial charge in [0.1, 0.15) is 0 Å². The maximum Gasteiger partial charge on any atom is 0.261 e. The van der Waals surface area contributed by atoms with Crippen molar-refractivity contribution in [1.29, 1.82) is 0 Å². The number of fused-ring (bicyclic) bond motifs is 1. The van der Waals surface area contributed by atoms with Gasteiger partial charge >= 0.3 is 0 Å². The first kappa shape index (κ1) is 18.8. The zero-order valence-electron chi connectivity index (χ0n) is 16.0. The fourth-order valence-corrected chi connectivity index (χ4v) is 5.03. The molecule has 2 aromatic rings. The second-order valence-corrected chi connectivity index (χ2v) is 9.13. The van der Waals surface area contributed by atoms with Crippen LogP contribution < -0.4 is 14.5 Å². The fraction of sp³-hybridized carbons (Fsp3) is 0.381. The summed E-state index contributed by atoms with van der Waals surface area (Å²) in [6, 6.07) is 12.5. The number of benzene rings is 2. The molecular formula is C21H25N3O3S. The summed E-state index contributed by atoms with van der Waals surface area (Å²) in [5, 5.41) is 0. The summed E-state index contributed by atoms with van der Waals surface area (Å²) >= 11 is 0. The first-order chi connectivity index (χ1) is 13.4. The monoisotopic (exact) mass is 399 g/mol. The lowest BCUT2D eigenvalue weighted by molar-refractivity contribution is -0.118. The van der Waals surface area contributed by atoms with Crippen molar-refractivity contribution in [2.45, 2.75) is 37.0 Å². The van der Waals surface area contributed by atoms with Crippen LogP contribution in [0.5, 0.6) is 0 Å². The van der Waals surface area contributed by atoms with Gasteiger partial charge in [0.05, 0.1) is 10.6 Å². The number of nitrogens with zero attached hydrogens (tertiary/aromatic N) is 2. The van der Waals surface area contributed by atoms with Gasteiger partial charge in [0.25, 0.3) is 10.0 Å². The lowest BCUT2D eigenvalue weighted by atomic mass is 10.0. The zero-order valence-corrected chi connectivity index (χ0v) is 16.8. The number of rotatable bonds is 4. The molecule has 0 saturated carbocycles. The average molecular weight is 400 g/mol. The highest BCUT2D eigenvalue weighted by Crippen LogP contribution is 2.30. The van der Waals surface area contributed by atoms with Crippen LogP contribution in [0.15, 0.2) is 47.4 Å². The van der Waals surface area contributed by atoms with E-state index < -0.39 is 10.0 Å². The minimum Gasteiger partial charge on any atom is -0.371 e. The van der Waals surface area contributed by atoms with E-state index in [1.807, 2.05) is 18.2 Å². The van der Waals surface area contributed by atoms with Crippen molar-refractivity contribution in [3.63, 3.8) is 0 Å². The molecule has 148 valence electrons. The van der Waals surface area contributed by atoms with Crippen molar-refractivity contribution in [1.82, 2.24) is 0 Å². The van der Waals surface area contributed by atoms with Crippen LogP contribution in [0.4, 0.5) is 17.1 Å². The number of sulfonamides is 1. The van der Waals surface area contributed by atoms with Crippen LogP contribution in [-0.2, 0) is 21.2 Å². The predicted molar refractivity (Wildman–Crippen MR) is 111 cm³/mol. The van der Waals surface area contributed by atoms with Gasteiger partial charge in [-0.3, -0.25) is 9.52 Å². The van der Waals surface area contributed by atoms with E-state index in [1.165, 1.54) is 19.3 Å². The molecular weight excluding hydrogens is 374 g/mol. The summed E-state index contributed by atoms with van der Waals surface area (Å²) < 4.78 is 28.5. The van der Waals surface area contributed by atoms with Crippen LogP contribution in [0.25, 0.3) is 0 Å². The lowest BCUT2D eigenvalue weighted by Gasteiger charge is -2.29. The zero-order chi connectivity index (χ0) is 19.7. The van der Waals surface area contributed by atoms with Gasteiger partial charge in [-0.2, -0.15) is 0 Å². The molecule has 2 aromatic carbocycles. The molecule has 4 rings (SSSR count). The SMILES string of the molecule is CN1C(=O)CCc2cc(S(=O)(=O)Nc3cccc(N4CCCCC4)c3)ccc21. The van der Waals surface area contributed by atoms with Crippen molar-refractivity contribution in [2.75, 3.05) is 34.7 Å². The van der Waals surface area contributed by atoms with Gasteiger partial charge in [-0.15, -0.1) is 0 Å². The molecule has 0 unspecified atom stereocenters. The van der Waals surface area contributed by atoms with Crippen molar-refractivity contribution >= 4 is 33.0 Å².